The summed E-state index contributed by atoms with van der Waals surface area (Å²) in [5.41, 5.74) is 0. The third-order valence-corrected chi connectivity index (χ3v) is 0.595. The second kappa shape index (κ2) is 5.78. The molecule has 1 heterocycles. The highest BCUT2D eigenvalue weighted by Gasteiger charge is 1.92. The summed E-state index contributed by atoms with van der Waals surface area (Å²) >= 11 is 0. The van der Waals surface area contributed by atoms with Gasteiger partial charge < -0.3 is 19.8 Å². The van der Waals surface area contributed by atoms with Crippen LogP contribution in [0.2, 0.25) is 0 Å². The lowest BCUT2D eigenvalue weighted by Gasteiger charge is -1.77. The third-order valence-electron chi connectivity index (χ3n) is 0.595. The molecular weight excluding hydrogens is 123 g/mol. The topological polar surface area (TPSA) is 69.9 Å². The van der Waals surface area contributed by atoms with Crippen molar-refractivity contribution in [2.75, 3.05) is 13.2 Å². The van der Waals surface area contributed by atoms with Crippen molar-refractivity contribution in [2.45, 2.75) is 0 Å². The van der Waals surface area contributed by atoms with E-state index in [9.17, 15) is 0 Å². The summed E-state index contributed by atoms with van der Waals surface area (Å²) in [5.74, 6) is 0. The van der Waals surface area contributed by atoms with Gasteiger partial charge in [0, 0.05) is 0 Å². The molecule has 0 saturated carbocycles. The van der Waals surface area contributed by atoms with E-state index in [0.717, 1.165) is 13.2 Å². The van der Waals surface area contributed by atoms with Crippen LogP contribution < -0.4 is 0 Å². The first-order valence-corrected chi connectivity index (χ1v) is 2.50. The summed E-state index contributed by atoms with van der Waals surface area (Å²) in [6, 6.07) is 0. The van der Waals surface area contributed by atoms with Gasteiger partial charge in [0.15, 0.2) is 0 Å². The summed E-state index contributed by atoms with van der Waals surface area (Å²) in [5, 5.41) is 21.5. The molecule has 0 aromatic rings. The largest absolute Gasteiger partial charge is 0.631 e. The molecule has 0 amide bonds. The Hall–Kier alpha value is -0.355. The molecule has 1 rings (SSSR count). The minimum atomic E-state index is -2.17. The fourth-order valence-electron chi connectivity index (χ4n) is 0.340. The highest BCUT2D eigenvalue weighted by Crippen LogP contribution is 1.85. The Labute approximate surface area is 53.6 Å². The molecule has 5 heteroatoms. The molecule has 0 unspecified atom stereocenters. The van der Waals surface area contributed by atoms with Gasteiger partial charge in [-0.3, -0.25) is 0 Å². The molecule has 0 fully saturated rings. The van der Waals surface area contributed by atoms with Crippen LogP contribution in [0.5, 0.6) is 0 Å². The zero-order valence-corrected chi connectivity index (χ0v) is 4.90. The summed E-state index contributed by atoms with van der Waals surface area (Å²) in [4.78, 5) is 0. The lowest BCUT2D eigenvalue weighted by atomic mass is 10.3. The molecule has 0 aliphatic carbocycles. The third kappa shape index (κ3) is 11.3. The van der Waals surface area contributed by atoms with Crippen molar-refractivity contribution in [1.29, 1.82) is 0 Å². The van der Waals surface area contributed by atoms with E-state index >= 15 is 0 Å². The lowest BCUT2D eigenvalue weighted by molar-refractivity contribution is 0.213. The predicted octanol–water partition coefficient (Wildman–Crippen LogP) is -1.48. The molecule has 9 heavy (non-hydrogen) atoms. The van der Waals surface area contributed by atoms with Crippen molar-refractivity contribution in [1.82, 2.24) is 0 Å². The zero-order chi connectivity index (χ0) is 7.11. The fraction of sp³-hybridized carbons (Fsp3) is 0.500. The van der Waals surface area contributed by atoms with Crippen LogP contribution in [0.25, 0.3) is 0 Å². The van der Waals surface area contributed by atoms with Crippen LogP contribution in [0.1, 0.15) is 0 Å². The number of hydrogen-bond donors (Lipinski definition) is 3. The molecule has 0 saturated heterocycles. The maximum atomic E-state index is 7.17. The first-order valence-electron chi connectivity index (χ1n) is 2.50. The summed E-state index contributed by atoms with van der Waals surface area (Å²) in [6.07, 6.45) is 4.03. The van der Waals surface area contributed by atoms with E-state index in [1.165, 1.54) is 0 Å². The molecule has 0 radical (unpaired) electrons. The summed E-state index contributed by atoms with van der Waals surface area (Å²) < 4.78 is 4.83. The van der Waals surface area contributed by atoms with Gasteiger partial charge in [-0.05, 0) is 0 Å². The van der Waals surface area contributed by atoms with Crippen LogP contribution in [-0.2, 0) is 4.74 Å². The summed E-state index contributed by atoms with van der Waals surface area (Å²) in [6.45, 7) is 1.64. The second-order valence-corrected chi connectivity index (χ2v) is 1.36. The van der Waals surface area contributed by atoms with Crippen LogP contribution in [0.15, 0.2) is 12.2 Å². The molecule has 0 spiro atoms. The number of hydrogen-bond acceptors (Lipinski definition) is 4. The van der Waals surface area contributed by atoms with E-state index in [2.05, 4.69) is 0 Å². The Morgan fingerprint density at radius 3 is 1.56 bits per heavy atom. The molecule has 0 atom stereocenters. The van der Waals surface area contributed by atoms with E-state index in [1.807, 2.05) is 12.2 Å². The van der Waals surface area contributed by atoms with Gasteiger partial charge in [-0.1, -0.05) is 12.2 Å². The zero-order valence-electron chi connectivity index (χ0n) is 4.90. The van der Waals surface area contributed by atoms with Gasteiger partial charge in [0.1, 0.15) is 0 Å². The normalized spacial score (nSPS) is 14.6. The molecule has 0 aromatic heterocycles. The minimum Gasteiger partial charge on any atom is -0.402 e. The molecule has 3 N–H and O–H groups in total. The SMILES string of the molecule is C1=CCOC1.OB(O)O. The van der Waals surface area contributed by atoms with E-state index in [4.69, 9.17) is 19.8 Å². The highest BCUT2D eigenvalue weighted by atomic mass is 16.5. The van der Waals surface area contributed by atoms with E-state index < -0.39 is 7.32 Å². The van der Waals surface area contributed by atoms with Crippen molar-refractivity contribution in [3.63, 3.8) is 0 Å². The maximum absolute atomic E-state index is 7.17. The van der Waals surface area contributed by atoms with E-state index in [0.29, 0.717) is 0 Å². The monoisotopic (exact) mass is 132 g/mol. The molecule has 0 bridgehead atoms. The Morgan fingerprint density at radius 1 is 1.11 bits per heavy atom. The van der Waals surface area contributed by atoms with Crippen molar-refractivity contribution < 1.29 is 19.8 Å². The van der Waals surface area contributed by atoms with Crippen LogP contribution in [0, 0.1) is 0 Å². The quantitative estimate of drug-likeness (QED) is 0.277. The van der Waals surface area contributed by atoms with E-state index in [1.54, 1.807) is 0 Å². The molecule has 1 aliphatic rings. The molecule has 4 nitrogen and oxygen atoms in total. The van der Waals surface area contributed by atoms with Crippen molar-refractivity contribution in [3.05, 3.63) is 12.2 Å². The van der Waals surface area contributed by atoms with Gasteiger partial charge in [-0.2, -0.15) is 0 Å². The van der Waals surface area contributed by atoms with Gasteiger partial charge in [-0.15, -0.1) is 0 Å². The second-order valence-electron chi connectivity index (χ2n) is 1.36. The number of ether oxygens (including phenoxy) is 1. The molecule has 0 aromatic carbocycles. The molecule has 52 valence electrons. The van der Waals surface area contributed by atoms with Gasteiger partial charge in [0.2, 0.25) is 0 Å². The first kappa shape index (κ1) is 8.64. The van der Waals surface area contributed by atoms with Crippen LogP contribution in [0.3, 0.4) is 0 Å². The minimum absolute atomic E-state index is 0.819. The Morgan fingerprint density at radius 2 is 1.44 bits per heavy atom. The molecule has 1 aliphatic heterocycles. The highest BCUT2D eigenvalue weighted by molar-refractivity contribution is 6.30. The van der Waals surface area contributed by atoms with Crippen molar-refractivity contribution in [3.8, 4) is 0 Å². The predicted molar refractivity (Wildman–Crippen MR) is 32.4 cm³/mol. The maximum Gasteiger partial charge on any atom is 0.631 e. The Kier molecular flexibility index (Phi) is 5.55. The average Bonchev–Trinajstić information content (AvgIpc) is 2.11. The van der Waals surface area contributed by atoms with Crippen LogP contribution in [-0.4, -0.2) is 35.6 Å². The van der Waals surface area contributed by atoms with Crippen molar-refractivity contribution in [2.24, 2.45) is 0 Å². The summed E-state index contributed by atoms with van der Waals surface area (Å²) in [7, 11) is -2.17. The average molecular weight is 132 g/mol. The Balaban J connectivity index is 0.000000148. The fourth-order valence-corrected chi connectivity index (χ4v) is 0.340. The molecular formula is C4H9BO4. The Bertz CT molecular complexity index is 73.9. The van der Waals surface area contributed by atoms with Gasteiger partial charge in [0.05, 0.1) is 13.2 Å². The van der Waals surface area contributed by atoms with Crippen LogP contribution in [0.4, 0.5) is 0 Å². The lowest BCUT2D eigenvalue weighted by Crippen LogP contribution is -2.07. The van der Waals surface area contributed by atoms with Gasteiger partial charge in [-0.25, -0.2) is 0 Å². The van der Waals surface area contributed by atoms with Crippen LogP contribution >= 0.6 is 0 Å². The van der Waals surface area contributed by atoms with Gasteiger partial charge in [0.25, 0.3) is 0 Å². The first-order chi connectivity index (χ1) is 4.23. The smallest absolute Gasteiger partial charge is 0.402 e. The number of rotatable bonds is 0. The van der Waals surface area contributed by atoms with Crippen molar-refractivity contribution >= 4 is 7.32 Å². The van der Waals surface area contributed by atoms with E-state index in [-0.39, 0.29) is 0 Å². The standard InChI is InChI=1S/C4H6O.BH3O3/c1-2-4-5-3-1;2-1(3)4/h1-2H,3-4H2;2-4H. The van der Waals surface area contributed by atoms with Gasteiger partial charge >= 0.3 is 7.32 Å².